The molecule has 6 heteroatoms. The second-order valence-electron chi connectivity index (χ2n) is 4.67. The second kappa shape index (κ2) is 6.12. The number of carboxylic acids is 1. The van der Waals surface area contributed by atoms with E-state index in [1.54, 1.807) is 0 Å². The summed E-state index contributed by atoms with van der Waals surface area (Å²) in [5.41, 5.74) is 4.69. The molecular formula is C13H18ClNO4. The quantitative estimate of drug-likeness (QED) is 0.601. The van der Waals surface area contributed by atoms with E-state index in [4.69, 9.17) is 17.3 Å². The van der Waals surface area contributed by atoms with Crippen molar-refractivity contribution in [1.29, 1.82) is 0 Å². The Bertz CT molecular complexity index is 478. The first-order chi connectivity index (χ1) is 8.80. The van der Waals surface area contributed by atoms with Crippen LogP contribution in [0.4, 0.5) is 0 Å². The van der Waals surface area contributed by atoms with Crippen molar-refractivity contribution >= 4 is 17.6 Å². The molecule has 1 aromatic rings. The van der Waals surface area contributed by atoms with E-state index >= 15 is 0 Å². The van der Waals surface area contributed by atoms with Gasteiger partial charge in [-0.15, -0.1) is 0 Å². The third-order valence-corrected chi connectivity index (χ3v) is 3.36. The summed E-state index contributed by atoms with van der Waals surface area (Å²) in [4.78, 5) is 11.3. The first-order valence-electron chi connectivity index (χ1n) is 6.03. The van der Waals surface area contributed by atoms with Gasteiger partial charge < -0.3 is 21.1 Å². The lowest BCUT2D eigenvalue weighted by Gasteiger charge is -2.25. The number of halogens is 1. The molecule has 5 N–H and O–H groups in total. The highest BCUT2D eigenvalue weighted by Crippen LogP contribution is 2.33. The lowest BCUT2D eigenvalue weighted by molar-refractivity contribution is -0.143. The Morgan fingerprint density at radius 3 is 2.53 bits per heavy atom. The van der Waals surface area contributed by atoms with Crippen molar-refractivity contribution in [2.45, 2.75) is 38.1 Å². The Balaban J connectivity index is 3.03. The van der Waals surface area contributed by atoms with E-state index in [1.165, 1.54) is 12.1 Å². The Hall–Kier alpha value is -1.46. The average Bonchev–Trinajstić information content (AvgIpc) is 2.33. The van der Waals surface area contributed by atoms with Gasteiger partial charge in [0.1, 0.15) is 17.0 Å². The molecule has 106 valence electrons. The summed E-state index contributed by atoms with van der Waals surface area (Å²) in [7, 11) is 0. The Kier molecular flexibility index (Phi) is 5.03. The molecule has 0 saturated heterocycles. The summed E-state index contributed by atoms with van der Waals surface area (Å²) in [6, 6.07) is 2.42. The van der Waals surface area contributed by atoms with Crippen molar-refractivity contribution < 1.29 is 20.1 Å². The van der Waals surface area contributed by atoms with Crippen LogP contribution in [0, 0.1) is 0 Å². The minimum atomic E-state index is -1.46. The Labute approximate surface area is 116 Å². The van der Waals surface area contributed by atoms with Crippen molar-refractivity contribution in [2.24, 2.45) is 5.73 Å². The smallest absolute Gasteiger partial charge is 0.324 e. The summed E-state index contributed by atoms with van der Waals surface area (Å²) >= 11 is 5.65. The Morgan fingerprint density at radius 2 is 2.00 bits per heavy atom. The number of aliphatic carboxylic acids is 1. The zero-order valence-electron chi connectivity index (χ0n) is 10.7. The number of phenolic OH excluding ortho intramolecular Hbond substituents is 2. The van der Waals surface area contributed by atoms with E-state index in [0.29, 0.717) is 12.8 Å². The van der Waals surface area contributed by atoms with Crippen LogP contribution >= 0.6 is 11.6 Å². The van der Waals surface area contributed by atoms with Crippen LogP contribution in [0.3, 0.4) is 0 Å². The number of unbranched alkanes of at least 4 members (excludes halogenated alkanes) is 1. The highest BCUT2D eigenvalue weighted by atomic mass is 35.5. The van der Waals surface area contributed by atoms with Crippen LogP contribution in [0.15, 0.2) is 12.1 Å². The molecule has 0 saturated carbocycles. The number of benzene rings is 1. The number of nitrogens with two attached hydrogens (primary N) is 1. The van der Waals surface area contributed by atoms with Gasteiger partial charge in [-0.2, -0.15) is 0 Å². The molecule has 1 rings (SSSR count). The molecule has 5 nitrogen and oxygen atoms in total. The predicted octanol–water partition coefficient (Wildman–Crippen LogP) is 2.27. The fourth-order valence-electron chi connectivity index (χ4n) is 1.84. The van der Waals surface area contributed by atoms with Gasteiger partial charge in [0.2, 0.25) is 0 Å². The molecule has 19 heavy (non-hydrogen) atoms. The van der Waals surface area contributed by atoms with Gasteiger partial charge in [-0.1, -0.05) is 31.4 Å². The molecule has 0 fully saturated rings. The van der Waals surface area contributed by atoms with E-state index in [9.17, 15) is 20.1 Å². The number of hydrogen-bond acceptors (Lipinski definition) is 4. The molecule has 0 aliphatic carbocycles. The first kappa shape index (κ1) is 15.6. The molecule has 0 spiro atoms. The van der Waals surface area contributed by atoms with Crippen LogP contribution in [0.2, 0.25) is 5.02 Å². The fourth-order valence-corrected chi connectivity index (χ4v) is 2.00. The summed E-state index contributed by atoms with van der Waals surface area (Å²) < 4.78 is 0. The van der Waals surface area contributed by atoms with Crippen LogP contribution < -0.4 is 5.73 Å². The molecular weight excluding hydrogens is 270 g/mol. The largest absolute Gasteiger partial charge is 0.508 e. The molecule has 0 aliphatic heterocycles. The number of carbonyl (C=O) groups is 1. The zero-order chi connectivity index (χ0) is 14.6. The maximum absolute atomic E-state index is 11.3. The van der Waals surface area contributed by atoms with Crippen molar-refractivity contribution in [3.05, 3.63) is 22.7 Å². The molecule has 0 radical (unpaired) electrons. The third kappa shape index (κ3) is 3.75. The van der Waals surface area contributed by atoms with Gasteiger partial charge in [0.25, 0.3) is 0 Å². The first-order valence-corrected chi connectivity index (χ1v) is 6.40. The second-order valence-corrected chi connectivity index (χ2v) is 5.08. The van der Waals surface area contributed by atoms with Gasteiger partial charge >= 0.3 is 5.97 Å². The van der Waals surface area contributed by atoms with Crippen LogP contribution in [0.1, 0.15) is 31.7 Å². The number of hydrogen-bond donors (Lipinski definition) is 4. The van der Waals surface area contributed by atoms with E-state index in [2.05, 4.69) is 0 Å². The number of rotatable bonds is 6. The lowest BCUT2D eigenvalue weighted by atomic mass is 9.86. The molecule has 0 bridgehead atoms. The van der Waals surface area contributed by atoms with Crippen molar-refractivity contribution in [3.63, 3.8) is 0 Å². The highest BCUT2D eigenvalue weighted by Gasteiger charge is 2.34. The fraction of sp³-hybridized carbons (Fsp3) is 0.462. The summed E-state index contributed by atoms with van der Waals surface area (Å²) in [6.07, 6.45) is 1.72. The lowest BCUT2D eigenvalue weighted by Crippen LogP contribution is -2.49. The van der Waals surface area contributed by atoms with E-state index < -0.39 is 11.5 Å². The SMILES string of the molecule is CCCC[C@](N)(Cc1cc(O)c(Cl)cc1O)C(=O)O. The van der Waals surface area contributed by atoms with Crippen LogP contribution in [0.25, 0.3) is 0 Å². The van der Waals surface area contributed by atoms with E-state index in [0.717, 1.165) is 6.42 Å². The van der Waals surface area contributed by atoms with Crippen LogP contribution in [-0.2, 0) is 11.2 Å². The maximum Gasteiger partial charge on any atom is 0.324 e. The molecule has 0 heterocycles. The van der Waals surface area contributed by atoms with Crippen molar-refractivity contribution in [1.82, 2.24) is 0 Å². The molecule has 0 unspecified atom stereocenters. The number of phenols is 2. The van der Waals surface area contributed by atoms with Crippen molar-refractivity contribution in [3.8, 4) is 11.5 Å². The van der Waals surface area contributed by atoms with Crippen molar-refractivity contribution in [2.75, 3.05) is 0 Å². The van der Waals surface area contributed by atoms with Gasteiger partial charge in [0.15, 0.2) is 0 Å². The van der Waals surface area contributed by atoms with Gasteiger partial charge in [0, 0.05) is 18.1 Å². The average molecular weight is 288 g/mol. The minimum absolute atomic E-state index is 0.00718. The highest BCUT2D eigenvalue weighted by molar-refractivity contribution is 6.32. The van der Waals surface area contributed by atoms with Crippen LogP contribution in [-0.4, -0.2) is 26.8 Å². The summed E-state index contributed by atoms with van der Waals surface area (Å²) in [5.74, 6) is -1.51. The molecule has 0 aromatic heterocycles. The van der Waals surface area contributed by atoms with Gasteiger partial charge in [-0.3, -0.25) is 4.79 Å². The van der Waals surface area contributed by atoms with Gasteiger partial charge in [-0.25, -0.2) is 0 Å². The normalized spacial score (nSPS) is 14.1. The third-order valence-electron chi connectivity index (χ3n) is 3.06. The monoisotopic (exact) mass is 287 g/mol. The Morgan fingerprint density at radius 1 is 1.37 bits per heavy atom. The minimum Gasteiger partial charge on any atom is -0.508 e. The van der Waals surface area contributed by atoms with Crippen LogP contribution in [0.5, 0.6) is 11.5 Å². The van der Waals surface area contributed by atoms with Gasteiger partial charge in [-0.05, 0) is 12.5 Å². The summed E-state index contributed by atoms with van der Waals surface area (Å²) in [6.45, 7) is 1.94. The number of aromatic hydroxyl groups is 2. The summed E-state index contributed by atoms with van der Waals surface area (Å²) in [5, 5.41) is 28.5. The van der Waals surface area contributed by atoms with E-state index in [-0.39, 0.29) is 28.5 Å². The molecule has 0 amide bonds. The molecule has 1 aromatic carbocycles. The zero-order valence-corrected chi connectivity index (χ0v) is 11.4. The predicted molar refractivity (Wildman–Crippen MR) is 72.6 cm³/mol. The topological polar surface area (TPSA) is 104 Å². The maximum atomic E-state index is 11.3. The molecule has 1 atom stereocenters. The molecule has 0 aliphatic rings. The standard InChI is InChI=1S/C13H18ClNO4/c1-2-3-4-13(15,12(18)19)7-8-5-11(17)9(14)6-10(8)16/h5-6,16-17H,2-4,7,15H2,1H3,(H,18,19)/t13-/m0/s1. The van der Waals surface area contributed by atoms with Gasteiger partial charge in [0.05, 0.1) is 5.02 Å². The number of carboxylic acid groups (broad SMARTS) is 1. The van der Waals surface area contributed by atoms with E-state index in [1.807, 2.05) is 6.92 Å².